The van der Waals surface area contributed by atoms with Gasteiger partial charge >= 0.3 is 6.18 Å². The summed E-state index contributed by atoms with van der Waals surface area (Å²) in [6.45, 7) is 1.92. The number of alkyl halides is 3. The van der Waals surface area contributed by atoms with Gasteiger partial charge in [0, 0.05) is 32.9 Å². The van der Waals surface area contributed by atoms with Crippen LogP contribution in [0.5, 0.6) is 0 Å². The Morgan fingerprint density at radius 2 is 1.92 bits per heavy atom. The molecule has 1 aromatic carbocycles. The second-order valence-corrected chi connectivity index (χ2v) is 6.61. The number of hydrogen-bond acceptors (Lipinski definition) is 4. The lowest BCUT2D eigenvalue weighted by Gasteiger charge is -2.35. The van der Waals surface area contributed by atoms with Crippen molar-refractivity contribution in [3.63, 3.8) is 0 Å². The second-order valence-electron chi connectivity index (χ2n) is 6.61. The smallest absolute Gasteiger partial charge is 0.394 e. The molecule has 1 aliphatic rings. The lowest BCUT2D eigenvalue weighted by atomic mass is 10.1. The Hall–Kier alpha value is -2.12. The van der Waals surface area contributed by atoms with Crippen LogP contribution < -0.4 is 4.90 Å². The molecular weight excluding hydrogens is 343 g/mol. The molecule has 1 aliphatic heterocycles. The quantitative estimate of drug-likeness (QED) is 0.906. The van der Waals surface area contributed by atoms with Crippen LogP contribution in [0.2, 0.25) is 0 Å². The highest BCUT2D eigenvalue weighted by atomic mass is 19.4. The summed E-state index contributed by atoms with van der Waals surface area (Å²) < 4.78 is 38.1. The predicted molar refractivity (Wildman–Crippen MR) is 93.7 cm³/mol. The molecule has 0 radical (unpaired) electrons. The van der Waals surface area contributed by atoms with Gasteiger partial charge in [-0.2, -0.15) is 13.2 Å². The molecule has 26 heavy (non-hydrogen) atoms. The first-order chi connectivity index (χ1) is 12.4. The molecule has 0 saturated carbocycles. The highest BCUT2D eigenvalue weighted by Crippen LogP contribution is 2.30. The van der Waals surface area contributed by atoms with Crippen LogP contribution in [-0.2, 0) is 19.3 Å². The summed E-state index contributed by atoms with van der Waals surface area (Å²) in [5.41, 5.74) is 2.07. The maximum Gasteiger partial charge on any atom is 0.416 e. The number of anilines is 1. The molecular formula is C19H22F3N3O. The molecule has 7 heteroatoms. The Balaban J connectivity index is 1.79. The van der Waals surface area contributed by atoms with Crippen LogP contribution in [0.4, 0.5) is 18.9 Å². The van der Waals surface area contributed by atoms with E-state index in [1.165, 1.54) is 12.1 Å². The van der Waals surface area contributed by atoms with Gasteiger partial charge in [-0.3, -0.25) is 9.88 Å². The van der Waals surface area contributed by atoms with Crippen LogP contribution in [0.3, 0.4) is 0 Å². The summed E-state index contributed by atoms with van der Waals surface area (Å²) >= 11 is 0. The molecule has 1 aromatic heterocycles. The zero-order chi connectivity index (χ0) is 18.7. The summed E-state index contributed by atoms with van der Waals surface area (Å²) in [7, 11) is 1.95. The lowest BCUT2D eigenvalue weighted by molar-refractivity contribution is -0.137. The van der Waals surface area contributed by atoms with E-state index in [4.69, 9.17) is 0 Å². The highest BCUT2D eigenvalue weighted by molar-refractivity contribution is 5.51. The van der Waals surface area contributed by atoms with E-state index in [0.29, 0.717) is 13.1 Å². The first kappa shape index (κ1) is 18.7. The number of aliphatic hydroxyl groups excluding tert-OH is 1. The fourth-order valence-electron chi connectivity index (χ4n) is 3.29. The van der Waals surface area contributed by atoms with E-state index in [1.807, 2.05) is 19.2 Å². The Labute approximate surface area is 150 Å². The molecule has 3 rings (SSSR count). The van der Waals surface area contributed by atoms with E-state index in [1.54, 1.807) is 6.20 Å². The standard InChI is InChI=1S/C19H22F3N3O/c1-24-16(13-26)8-10-25(12-17-18(24)3-2-9-23-17)11-14-4-6-15(7-5-14)19(20,21)22/h2-7,9,16,26H,8,10-13H2,1H3/t16-/m0/s1. The molecule has 0 aliphatic carbocycles. The first-order valence-corrected chi connectivity index (χ1v) is 8.54. The van der Waals surface area contributed by atoms with Crippen molar-refractivity contribution in [2.45, 2.75) is 31.7 Å². The number of rotatable bonds is 3. The number of benzene rings is 1. The topological polar surface area (TPSA) is 39.6 Å². The monoisotopic (exact) mass is 365 g/mol. The summed E-state index contributed by atoms with van der Waals surface area (Å²) in [4.78, 5) is 8.67. The summed E-state index contributed by atoms with van der Waals surface area (Å²) in [6.07, 6.45) is -1.82. The van der Waals surface area contributed by atoms with E-state index in [0.717, 1.165) is 42.0 Å². The summed E-state index contributed by atoms with van der Waals surface area (Å²) in [5.74, 6) is 0. The minimum Gasteiger partial charge on any atom is -0.394 e. The average molecular weight is 365 g/mol. The number of nitrogens with zero attached hydrogens (tertiary/aromatic N) is 3. The minimum absolute atomic E-state index is 0.0200. The van der Waals surface area contributed by atoms with E-state index in [-0.39, 0.29) is 12.6 Å². The van der Waals surface area contributed by atoms with E-state index in [9.17, 15) is 18.3 Å². The van der Waals surface area contributed by atoms with Crippen LogP contribution in [0.1, 0.15) is 23.2 Å². The third-order valence-electron chi connectivity index (χ3n) is 4.84. The van der Waals surface area contributed by atoms with Crippen molar-refractivity contribution in [3.8, 4) is 0 Å². The number of hydrogen-bond donors (Lipinski definition) is 1. The van der Waals surface area contributed by atoms with Gasteiger partial charge in [-0.15, -0.1) is 0 Å². The largest absolute Gasteiger partial charge is 0.416 e. The van der Waals surface area contributed by atoms with Crippen molar-refractivity contribution in [2.24, 2.45) is 0 Å². The van der Waals surface area contributed by atoms with Gasteiger partial charge in [-0.1, -0.05) is 12.1 Å². The first-order valence-electron chi connectivity index (χ1n) is 8.54. The summed E-state index contributed by atoms with van der Waals surface area (Å²) in [5, 5.41) is 9.70. The molecule has 2 heterocycles. The van der Waals surface area contributed by atoms with Crippen molar-refractivity contribution in [2.75, 3.05) is 25.1 Å². The molecule has 0 unspecified atom stereocenters. The molecule has 140 valence electrons. The van der Waals surface area contributed by atoms with Crippen molar-refractivity contribution in [3.05, 3.63) is 59.4 Å². The molecule has 0 amide bonds. The van der Waals surface area contributed by atoms with Crippen molar-refractivity contribution < 1.29 is 18.3 Å². The van der Waals surface area contributed by atoms with Gasteiger partial charge < -0.3 is 10.0 Å². The molecule has 0 spiro atoms. The normalized spacial score (nSPS) is 19.0. The molecule has 0 bridgehead atoms. The zero-order valence-corrected chi connectivity index (χ0v) is 14.6. The zero-order valence-electron chi connectivity index (χ0n) is 14.6. The van der Waals surface area contributed by atoms with Crippen molar-refractivity contribution >= 4 is 5.69 Å². The predicted octanol–water partition coefficient (Wildman–Crippen LogP) is 3.30. The van der Waals surface area contributed by atoms with E-state index in [2.05, 4.69) is 14.8 Å². The Morgan fingerprint density at radius 1 is 1.19 bits per heavy atom. The van der Waals surface area contributed by atoms with Crippen LogP contribution in [0.25, 0.3) is 0 Å². The van der Waals surface area contributed by atoms with Gasteiger partial charge in [0.25, 0.3) is 0 Å². The van der Waals surface area contributed by atoms with Crippen LogP contribution in [0.15, 0.2) is 42.6 Å². The van der Waals surface area contributed by atoms with Gasteiger partial charge in [0.2, 0.25) is 0 Å². The van der Waals surface area contributed by atoms with Crippen molar-refractivity contribution in [1.82, 2.24) is 9.88 Å². The molecule has 1 atom stereocenters. The van der Waals surface area contributed by atoms with Gasteiger partial charge in [0.15, 0.2) is 0 Å². The Morgan fingerprint density at radius 3 is 2.58 bits per heavy atom. The molecule has 0 saturated heterocycles. The number of halogens is 3. The van der Waals surface area contributed by atoms with E-state index >= 15 is 0 Å². The van der Waals surface area contributed by atoms with Crippen LogP contribution in [0, 0.1) is 0 Å². The van der Waals surface area contributed by atoms with Crippen LogP contribution >= 0.6 is 0 Å². The van der Waals surface area contributed by atoms with Gasteiger partial charge in [-0.25, -0.2) is 0 Å². The molecule has 2 aromatic rings. The summed E-state index contributed by atoms with van der Waals surface area (Å²) in [6, 6.07) is 9.12. The van der Waals surface area contributed by atoms with Gasteiger partial charge in [0.1, 0.15) is 0 Å². The van der Waals surface area contributed by atoms with Gasteiger partial charge in [0.05, 0.1) is 29.6 Å². The van der Waals surface area contributed by atoms with E-state index < -0.39 is 11.7 Å². The fraction of sp³-hybridized carbons (Fsp3) is 0.421. The number of aromatic nitrogens is 1. The Bertz CT molecular complexity index is 734. The number of fused-ring (bicyclic) bond motifs is 1. The number of pyridine rings is 1. The van der Waals surface area contributed by atoms with Gasteiger partial charge in [-0.05, 0) is 36.2 Å². The third-order valence-corrected chi connectivity index (χ3v) is 4.84. The molecule has 1 N–H and O–H groups in total. The Kier molecular flexibility index (Phi) is 5.48. The maximum atomic E-state index is 12.7. The average Bonchev–Trinajstić information content (AvgIpc) is 2.61. The van der Waals surface area contributed by atoms with Crippen molar-refractivity contribution in [1.29, 1.82) is 0 Å². The highest BCUT2D eigenvalue weighted by Gasteiger charge is 2.30. The third kappa shape index (κ3) is 4.16. The minimum atomic E-state index is -4.32. The SMILES string of the molecule is CN1c2cccnc2CN(Cc2ccc(C(F)(F)F)cc2)CC[C@H]1CO. The second kappa shape index (κ2) is 7.63. The maximum absolute atomic E-state index is 12.7. The lowest BCUT2D eigenvalue weighted by Crippen LogP contribution is -2.41. The molecule has 0 fully saturated rings. The molecule has 4 nitrogen and oxygen atoms in total. The fourth-order valence-corrected chi connectivity index (χ4v) is 3.29. The number of aliphatic hydroxyl groups is 1. The van der Waals surface area contributed by atoms with Crippen LogP contribution in [-0.4, -0.2) is 41.2 Å². The number of likely N-dealkylation sites (N-methyl/N-ethyl adjacent to an activating group) is 1.